The average molecular weight is 240 g/mol. The van der Waals surface area contributed by atoms with Crippen molar-refractivity contribution in [3.8, 4) is 0 Å². The molecular formula is C16H32O. The maximum atomic E-state index is 10.4. The molecule has 1 fully saturated rings. The highest BCUT2D eigenvalue weighted by atomic mass is 16.3. The van der Waals surface area contributed by atoms with Crippen LogP contribution in [0, 0.1) is 5.41 Å². The predicted molar refractivity (Wildman–Crippen MR) is 75.2 cm³/mol. The third-order valence-electron chi connectivity index (χ3n) is 4.82. The van der Waals surface area contributed by atoms with E-state index in [1.54, 1.807) is 0 Å². The van der Waals surface area contributed by atoms with E-state index >= 15 is 0 Å². The van der Waals surface area contributed by atoms with E-state index in [-0.39, 0.29) is 5.41 Å². The Morgan fingerprint density at radius 3 is 1.88 bits per heavy atom. The van der Waals surface area contributed by atoms with Crippen molar-refractivity contribution in [1.29, 1.82) is 0 Å². The summed E-state index contributed by atoms with van der Waals surface area (Å²) in [5.41, 5.74) is -0.163. The van der Waals surface area contributed by atoms with Crippen molar-refractivity contribution in [3.63, 3.8) is 0 Å². The van der Waals surface area contributed by atoms with Crippen LogP contribution in [0.1, 0.15) is 91.4 Å². The van der Waals surface area contributed by atoms with Gasteiger partial charge in [0, 0.05) is 0 Å². The quantitative estimate of drug-likeness (QED) is 0.529. The van der Waals surface area contributed by atoms with E-state index in [4.69, 9.17) is 0 Å². The van der Waals surface area contributed by atoms with Gasteiger partial charge in [0.05, 0.1) is 5.60 Å². The molecule has 102 valence electrons. The molecule has 0 aromatic carbocycles. The van der Waals surface area contributed by atoms with E-state index in [2.05, 4.69) is 13.8 Å². The van der Waals surface area contributed by atoms with E-state index in [0.29, 0.717) is 0 Å². The topological polar surface area (TPSA) is 20.2 Å². The maximum Gasteiger partial charge on any atom is 0.0673 e. The van der Waals surface area contributed by atoms with Crippen LogP contribution in [0.15, 0.2) is 0 Å². The summed E-state index contributed by atoms with van der Waals surface area (Å²) in [6.45, 7) is 6.54. The summed E-state index contributed by atoms with van der Waals surface area (Å²) in [6.07, 6.45) is 14.2. The first-order valence-corrected chi connectivity index (χ1v) is 7.74. The summed E-state index contributed by atoms with van der Waals surface area (Å²) in [5.74, 6) is 0. The Bertz CT molecular complexity index is 204. The summed E-state index contributed by atoms with van der Waals surface area (Å²) >= 11 is 0. The molecule has 0 spiro atoms. The predicted octanol–water partition coefficient (Wildman–Crippen LogP) is 5.07. The van der Waals surface area contributed by atoms with Crippen LogP contribution in [-0.4, -0.2) is 10.7 Å². The summed E-state index contributed by atoms with van der Waals surface area (Å²) in [6, 6.07) is 0. The van der Waals surface area contributed by atoms with Crippen molar-refractivity contribution in [2.45, 2.75) is 97.0 Å². The molecule has 0 saturated heterocycles. The van der Waals surface area contributed by atoms with Gasteiger partial charge in [-0.25, -0.2) is 0 Å². The van der Waals surface area contributed by atoms with Crippen molar-refractivity contribution in [2.75, 3.05) is 0 Å². The molecule has 1 nitrogen and oxygen atoms in total. The Hall–Kier alpha value is -0.0400. The van der Waals surface area contributed by atoms with Crippen LogP contribution in [-0.2, 0) is 0 Å². The molecule has 0 heterocycles. The molecule has 0 aliphatic heterocycles. The molecule has 0 radical (unpaired) electrons. The second kappa shape index (κ2) is 6.78. The molecule has 0 aromatic rings. The van der Waals surface area contributed by atoms with Gasteiger partial charge in [-0.1, -0.05) is 65.2 Å². The first-order valence-electron chi connectivity index (χ1n) is 7.74. The zero-order chi connectivity index (χ0) is 12.8. The van der Waals surface area contributed by atoms with Gasteiger partial charge in [-0.2, -0.15) is 0 Å². The van der Waals surface area contributed by atoms with Gasteiger partial charge in [0.25, 0.3) is 0 Å². The van der Waals surface area contributed by atoms with E-state index < -0.39 is 5.60 Å². The molecule has 1 aliphatic carbocycles. The van der Waals surface area contributed by atoms with Gasteiger partial charge in [-0.15, -0.1) is 0 Å². The molecular weight excluding hydrogens is 208 g/mol. The fraction of sp³-hybridized carbons (Fsp3) is 1.00. The normalized spacial score (nSPS) is 21.2. The fourth-order valence-electron chi connectivity index (χ4n) is 2.63. The Morgan fingerprint density at radius 1 is 0.941 bits per heavy atom. The number of hydrogen-bond acceptors (Lipinski definition) is 1. The van der Waals surface area contributed by atoms with Crippen molar-refractivity contribution < 1.29 is 5.11 Å². The molecule has 17 heavy (non-hydrogen) atoms. The smallest absolute Gasteiger partial charge is 0.0673 e. The van der Waals surface area contributed by atoms with Gasteiger partial charge in [-0.05, 0) is 31.6 Å². The molecule has 0 aromatic heterocycles. The molecule has 1 N–H and O–H groups in total. The third-order valence-corrected chi connectivity index (χ3v) is 4.82. The highest BCUT2D eigenvalue weighted by Crippen LogP contribution is 2.55. The second-order valence-electron chi connectivity index (χ2n) is 6.56. The van der Waals surface area contributed by atoms with Gasteiger partial charge >= 0.3 is 0 Å². The molecule has 0 amide bonds. The van der Waals surface area contributed by atoms with E-state index in [0.717, 1.165) is 6.42 Å². The zero-order valence-electron chi connectivity index (χ0n) is 12.2. The van der Waals surface area contributed by atoms with E-state index in [1.165, 1.54) is 64.2 Å². The van der Waals surface area contributed by atoms with Crippen molar-refractivity contribution in [1.82, 2.24) is 0 Å². The summed E-state index contributed by atoms with van der Waals surface area (Å²) in [4.78, 5) is 0. The lowest BCUT2D eigenvalue weighted by Crippen LogP contribution is -2.34. The molecule has 1 rings (SSSR count). The molecule has 1 atom stereocenters. The van der Waals surface area contributed by atoms with Crippen molar-refractivity contribution in [3.05, 3.63) is 0 Å². The molecule has 1 aliphatic rings. The molecule has 1 heteroatoms. The van der Waals surface area contributed by atoms with Crippen molar-refractivity contribution in [2.24, 2.45) is 5.41 Å². The van der Waals surface area contributed by atoms with Crippen LogP contribution in [0.3, 0.4) is 0 Å². The number of hydrogen-bond donors (Lipinski definition) is 1. The second-order valence-corrected chi connectivity index (χ2v) is 6.56. The Kier molecular flexibility index (Phi) is 5.99. The molecule has 1 unspecified atom stereocenters. The Balaban J connectivity index is 1.93. The molecule has 0 bridgehead atoms. The Labute approximate surface area is 108 Å². The van der Waals surface area contributed by atoms with Crippen LogP contribution in [0.5, 0.6) is 0 Å². The SMILES string of the molecule is CCCCCCCCCCC(C)(O)C1(C)CC1. The lowest BCUT2D eigenvalue weighted by atomic mass is 9.83. The first-order chi connectivity index (χ1) is 8.02. The van der Waals surface area contributed by atoms with Gasteiger partial charge in [0.2, 0.25) is 0 Å². The van der Waals surface area contributed by atoms with Crippen LogP contribution in [0.25, 0.3) is 0 Å². The van der Waals surface area contributed by atoms with Crippen LogP contribution in [0.4, 0.5) is 0 Å². The van der Waals surface area contributed by atoms with Gasteiger partial charge in [0.1, 0.15) is 0 Å². The lowest BCUT2D eigenvalue weighted by Gasteiger charge is -2.30. The monoisotopic (exact) mass is 240 g/mol. The fourth-order valence-corrected chi connectivity index (χ4v) is 2.63. The third kappa shape index (κ3) is 4.99. The summed E-state index contributed by atoms with van der Waals surface area (Å²) in [7, 11) is 0. The van der Waals surface area contributed by atoms with Crippen LogP contribution in [0.2, 0.25) is 0 Å². The van der Waals surface area contributed by atoms with Gasteiger partial charge in [0.15, 0.2) is 0 Å². The summed E-state index contributed by atoms with van der Waals surface area (Å²) in [5, 5.41) is 10.4. The highest BCUT2D eigenvalue weighted by Gasteiger charge is 2.51. The van der Waals surface area contributed by atoms with Gasteiger partial charge in [-0.3, -0.25) is 0 Å². The largest absolute Gasteiger partial charge is 0.390 e. The molecule has 1 saturated carbocycles. The van der Waals surface area contributed by atoms with E-state index in [9.17, 15) is 5.11 Å². The van der Waals surface area contributed by atoms with Crippen LogP contribution < -0.4 is 0 Å². The minimum atomic E-state index is -0.408. The van der Waals surface area contributed by atoms with Crippen LogP contribution >= 0.6 is 0 Å². The van der Waals surface area contributed by atoms with Gasteiger partial charge < -0.3 is 5.11 Å². The summed E-state index contributed by atoms with van der Waals surface area (Å²) < 4.78 is 0. The minimum Gasteiger partial charge on any atom is -0.390 e. The van der Waals surface area contributed by atoms with E-state index in [1.807, 2.05) is 6.92 Å². The number of aliphatic hydroxyl groups is 1. The number of rotatable bonds is 10. The minimum absolute atomic E-state index is 0.244. The standard InChI is InChI=1S/C16H32O/c1-4-5-6-7-8-9-10-11-12-16(3,17)15(2)13-14-15/h17H,4-14H2,1-3H3. The highest BCUT2D eigenvalue weighted by molar-refractivity contribution is 5.02. The number of unbranched alkanes of at least 4 members (excludes halogenated alkanes) is 7. The maximum absolute atomic E-state index is 10.4. The zero-order valence-corrected chi connectivity index (χ0v) is 12.2. The van der Waals surface area contributed by atoms with Crippen molar-refractivity contribution >= 4 is 0 Å². The Morgan fingerprint density at radius 2 is 1.41 bits per heavy atom. The lowest BCUT2D eigenvalue weighted by molar-refractivity contribution is -0.0173. The average Bonchev–Trinajstić information content (AvgIpc) is 3.02. The first kappa shape index (κ1) is 15.0.